The fourth-order valence-corrected chi connectivity index (χ4v) is 5.05. The van der Waals surface area contributed by atoms with Crippen molar-refractivity contribution in [1.29, 1.82) is 5.26 Å². The normalized spacial score (nSPS) is 28.1. The predicted octanol–water partition coefficient (Wildman–Crippen LogP) is 4.34. The van der Waals surface area contributed by atoms with Crippen LogP contribution in [-0.2, 0) is 20.0 Å². The van der Waals surface area contributed by atoms with Crippen molar-refractivity contribution in [2.24, 2.45) is 0 Å². The van der Waals surface area contributed by atoms with Crippen LogP contribution in [-0.4, -0.2) is 52.4 Å². The summed E-state index contributed by atoms with van der Waals surface area (Å²) in [5.41, 5.74) is 0.614. The van der Waals surface area contributed by atoms with Crippen molar-refractivity contribution >= 4 is 17.9 Å². The summed E-state index contributed by atoms with van der Waals surface area (Å²) < 4.78 is 18.0. The van der Waals surface area contributed by atoms with Crippen LogP contribution in [0.5, 0.6) is 0 Å². The molecular formula is C22H30N2O4S. The lowest BCUT2D eigenvalue weighted by atomic mass is 10.1. The summed E-state index contributed by atoms with van der Waals surface area (Å²) in [6, 6.07) is 11.8. The Morgan fingerprint density at radius 3 is 2.41 bits per heavy atom. The van der Waals surface area contributed by atoms with Gasteiger partial charge in [-0.15, -0.1) is 0 Å². The maximum atomic E-state index is 13.1. The van der Waals surface area contributed by atoms with Gasteiger partial charge < -0.3 is 14.2 Å². The number of amides is 1. The number of carbonyl (C=O) groups excluding carboxylic acids is 1. The monoisotopic (exact) mass is 418 g/mol. The lowest BCUT2D eigenvalue weighted by molar-refractivity contribution is -0.165. The van der Waals surface area contributed by atoms with E-state index in [4.69, 9.17) is 14.2 Å². The average Bonchev–Trinajstić information content (AvgIpc) is 3.06. The highest BCUT2D eigenvalue weighted by Crippen LogP contribution is 2.43. The van der Waals surface area contributed by atoms with Crippen LogP contribution in [0.4, 0.5) is 4.79 Å². The molecule has 158 valence electrons. The number of rotatable bonds is 5. The van der Waals surface area contributed by atoms with Gasteiger partial charge in [-0.25, -0.2) is 4.79 Å². The van der Waals surface area contributed by atoms with Gasteiger partial charge in [-0.3, -0.25) is 4.90 Å². The highest BCUT2D eigenvalue weighted by atomic mass is 32.2. The molecule has 2 aliphatic heterocycles. The number of carbonyl (C=O) groups is 1. The van der Waals surface area contributed by atoms with Crippen LogP contribution in [0.15, 0.2) is 30.3 Å². The molecule has 7 heteroatoms. The second kappa shape index (κ2) is 8.55. The summed E-state index contributed by atoms with van der Waals surface area (Å²) in [5, 5.41) is 9.39. The number of nitrogens with zero attached hydrogens (tertiary/aromatic N) is 2. The quantitative estimate of drug-likeness (QED) is 0.708. The van der Waals surface area contributed by atoms with Crippen molar-refractivity contribution < 1.29 is 19.0 Å². The third-order valence-corrected chi connectivity index (χ3v) is 6.06. The molecule has 0 unspecified atom stereocenters. The van der Waals surface area contributed by atoms with Crippen LogP contribution in [0.25, 0.3) is 0 Å². The summed E-state index contributed by atoms with van der Waals surface area (Å²) in [6.45, 7) is 9.28. The van der Waals surface area contributed by atoms with Crippen molar-refractivity contribution in [3.63, 3.8) is 0 Å². The van der Waals surface area contributed by atoms with Crippen molar-refractivity contribution in [2.75, 3.05) is 5.75 Å². The van der Waals surface area contributed by atoms with E-state index in [2.05, 4.69) is 18.2 Å². The van der Waals surface area contributed by atoms with Gasteiger partial charge in [0.25, 0.3) is 0 Å². The molecule has 0 aliphatic carbocycles. The van der Waals surface area contributed by atoms with Gasteiger partial charge in [-0.05, 0) is 40.2 Å². The Kier molecular flexibility index (Phi) is 6.47. The fraction of sp³-hybridized carbons (Fsp3) is 0.636. The maximum absolute atomic E-state index is 13.1. The molecule has 0 spiro atoms. The molecule has 0 N–H and O–H groups in total. The van der Waals surface area contributed by atoms with Crippen LogP contribution in [0.2, 0.25) is 0 Å². The number of hydrogen-bond acceptors (Lipinski definition) is 6. The molecule has 2 saturated heterocycles. The molecule has 0 bridgehead atoms. The number of hydrogen-bond donors (Lipinski definition) is 0. The number of nitriles is 1. The second-order valence-electron chi connectivity index (χ2n) is 8.95. The molecule has 0 saturated carbocycles. The molecule has 29 heavy (non-hydrogen) atoms. The molecule has 1 amide bonds. The molecule has 2 fully saturated rings. The first-order valence-electron chi connectivity index (χ1n) is 9.97. The highest BCUT2D eigenvalue weighted by Gasteiger charge is 2.59. The van der Waals surface area contributed by atoms with E-state index in [1.54, 1.807) is 16.7 Å². The first-order valence-corrected chi connectivity index (χ1v) is 11.1. The van der Waals surface area contributed by atoms with Crippen molar-refractivity contribution in [3.05, 3.63) is 35.9 Å². The van der Waals surface area contributed by atoms with Gasteiger partial charge in [0.05, 0.1) is 24.6 Å². The molecular weight excluding hydrogens is 388 g/mol. The van der Waals surface area contributed by atoms with E-state index in [-0.39, 0.29) is 30.7 Å². The first kappa shape index (κ1) is 21.9. The molecule has 0 aromatic heterocycles. The van der Waals surface area contributed by atoms with E-state index < -0.39 is 17.5 Å². The molecule has 0 radical (unpaired) electrons. The highest BCUT2D eigenvalue weighted by molar-refractivity contribution is 7.98. The first-order chi connectivity index (χ1) is 13.6. The van der Waals surface area contributed by atoms with Crippen LogP contribution in [0, 0.1) is 11.3 Å². The standard InChI is InChI=1S/C22H30N2O4S/c1-21(2,3)28-20(25)24-16(11-12-23)18-19(27-22(4,5)26-18)17(24)14-29-13-15-9-7-6-8-10-15/h6-10,16-19H,11,13-14H2,1-5H3/t16-,17+,18-,19+/m0/s1. The molecule has 1 aromatic rings. The Labute approximate surface area is 177 Å². The summed E-state index contributed by atoms with van der Waals surface area (Å²) in [5.74, 6) is 0.784. The smallest absolute Gasteiger partial charge is 0.411 e. The number of likely N-dealkylation sites (tertiary alicyclic amines) is 1. The molecule has 3 rings (SSSR count). The van der Waals surface area contributed by atoms with Gasteiger partial charge in [0, 0.05) is 11.5 Å². The Morgan fingerprint density at radius 1 is 1.21 bits per heavy atom. The molecule has 4 atom stereocenters. The van der Waals surface area contributed by atoms with Crippen molar-refractivity contribution in [2.45, 2.75) is 82.5 Å². The fourth-order valence-electron chi connectivity index (χ4n) is 3.92. The number of thioether (sulfide) groups is 1. The molecule has 6 nitrogen and oxygen atoms in total. The van der Waals surface area contributed by atoms with E-state index in [1.165, 1.54) is 5.56 Å². The molecule has 2 aliphatic rings. The van der Waals surface area contributed by atoms with E-state index in [0.29, 0.717) is 5.75 Å². The lowest BCUT2D eigenvalue weighted by Crippen LogP contribution is -2.49. The third kappa shape index (κ3) is 5.25. The van der Waals surface area contributed by atoms with Gasteiger partial charge >= 0.3 is 6.09 Å². The van der Waals surface area contributed by atoms with Gasteiger partial charge in [-0.2, -0.15) is 17.0 Å². The van der Waals surface area contributed by atoms with Crippen molar-refractivity contribution in [3.8, 4) is 6.07 Å². The number of benzene rings is 1. The van der Waals surface area contributed by atoms with E-state index in [9.17, 15) is 10.1 Å². The summed E-state index contributed by atoms with van der Waals surface area (Å²) in [6.07, 6.45) is -0.846. The zero-order valence-electron chi connectivity index (χ0n) is 17.8. The number of ether oxygens (including phenoxy) is 3. The van der Waals surface area contributed by atoms with Crippen LogP contribution < -0.4 is 0 Å². The predicted molar refractivity (Wildman–Crippen MR) is 112 cm³/mol. The van der Waals surface area contributed by atoms with Crippen LogP contribution in [0.1, 0.15) is 46.6 Å². The minimum absolute atomic E-state index is 0.180. The largest absolute Gasteiger partial charge is 0.444 e. The van der Waals surface area contributed by atoms with Crippen LogP contribution >= 0.6 is 11.8 Å². The number of fused-ring (bicyclic) bond motifs is 1. The topological polar surface area (TPSA) is 71.8 Å². The summed E-state index contributed by atoms with van der Waals surface area (Å²) in [4.78, 5) is 14.7. The third-order valence-electron chi connectivity index (χ3n) is 4.94. The Balaban J connectivity index is 1.81. The minimum Gasteiger partial charge on any atom is -0.444 e. The maximum Gasteiger partial charge on any atom is 0.411 e. The van der Waals surface area contributed by atoms with Gasteiger partial charge in [0.2, 0.25) is 0 Å². The zero-order chi connectivity index (χ0) is 21.2. The van der Waals surface area contributed by atoms with Gasteiger partial charge in [0.1, 0.15) is 17.8 Å². The molecule has 2 heterocycles. The van der Waals surface area contributed by atoms with Crippen molar-refractivity contribution in [1.82, 2.24) is 4.90 Å². The summed E-state index contributed by atoms with van der Waals surface area (Å²) >= 11 is 1.74. The molecule has 1 aromatic carbocycles. The average molecular weight is 419 g/mol. The Morgan fingerprint density at radius 2 is 1.83 bits per heavy atom. The second-order valence-corrected chi connectivity index (χ2v) is 9.98. The summed E-state index contributed by atoms with van der Waals surface area (Å²) in [7, 11) is 0. The lowest BCUT2D eigenvalue weighted by Gasteiger charge is -2.34. The minimum atomic E-state index is -0.731. The van der Waals surface area contributed by atoms with E-state index in [1.807, 2.05) is 52.8 Å². The Hall–Kier alpha value is -1.75. The van der Waals surface area contributed by atoms with E-state index >= 15 is 0 Å². The Bertz CT molecular complexity index is 756. The zero-order valence-corrected chi connectivity index (χ0v) is 18.6. The SMILES string of the molecule is CC(C)(C)OC(=O)N1[C@H](CSCc2ccccc2)[C@H]2OC(C)(C)O[C@H]2[C@@H]1CC#N. The van der Waals surface area contributed by atoms with Gasteiger partial charge in [0.15, 0.2) is 5.79 Å². The van der Waals surface area contributed by atoms with Gasteiger partial charge in [-0.1, -0.05) is 30.3 Å². The van der Waals surface area contributed by atoms with E-state index in [0.717, 1.165) is 5.75 Å². The van der Waals surface area contributed by atoms with Crippen LogP contribution in [0.3, 0.4) is 0 Å².